The number of benzene rings is 2. The van der Waals surface area contributed by atoms with Crippen molar-refractivity contribution in [3.63, 3.8) is 0 Å². The van der Waals surface area contributed by atoms with Crippen LogP contribution in [0, 0.1) is 0 Å². The van der Waals surface area contributed by atoms with Crippen molar-refractivity contribution >= 4 is 23.3 Å². The van der Waals surface area contributed by atoms with E-state index in [0.29, 0.717) is 12.4 Å². The van der Waals surface area contributed by atoms with Crippen LogP contribution >= 0.6 is 12.4 Å². The predicted octanol–water partition coefficient (Wildman–Crippen LogP) is 4.71. The number of aryl methyl sites for hydroxylation is 1. The van der Waals surface area contributed by atoms with Crippen molar-refractivity contribution in [2.45, 2.75) is 32.4 Å². The molecule has 0 bridgehead atoms. The Hall–Kier alpha value is -3.02. The molecular formula is C26H28ClN3O2. The van der Waals surface area contributed by atoms with E-state index in [1.807, 2.05) is 42.5 Å². The second-order valence-corrected chi connectivity index (χ2v) is 8.73. The summed E-state index contributed by atoms with van der Waals surface area (Å²) in [5.74, 6) is 0.577. The highest BCUT2D eigenvalue weighted by Gasteiger charge is 2.32. The molecule has 4 aromatic rings. The number of pyridine rings is 1. The van der Waals surface area contributed by atoms with Gasteiger partial charge in [-0.1, -0.05) is 36.4 Å². The first-order chi connectivity index (χ1) is 14.9. The van der Waals surface area contributed by atoms with Gasteiger partial charge in [0.2, 0.25) is 0 Å². The molecule has 166 valence electrons. The van der Waals surface area contributed by atoms with Gasteiger partial charge in [-0.2, -0.15) is 0 Å². The van der Waals surface area contributed by atoms with Gasteiger partial charge in [0.1, 0.15) is 12.4 Å². The second kappa shape index (κ2) is 8.49. The average Bonchev–Trinajstić information content (AvgIpc) is 3.06. The third-order valence-electron chi connectivity index (χ3n) is 6.24. The molecule has 32 heavy (non-hydrogen) atoms. The molecule has 3 heterocycles. The van der Waals surface area contributed by atoms with Gasteiger partial charge in [0, 0.05) is 36.9 Å². The highest BCUT2D eigenvalue weighted by Crippen LogP contribution is 2.36. The molecule has 0 saturated heterocycles. The van der Waals surface area contributed by atoms with Crippen LogP contribution in [-0.2, 0) is 25.6 Å². The van der Waals surface area contributed by atoms with Crippen LogP contribution in [0.25, 0.3) is 16.6 Å². The minimum Gasteiger partial charge on any atom is -0.489 e. The van der Waals surface area contributed by atoms with Gasteiger partial charge in [0.25, 0.3) is 5.56 Å². The summed E-state index contributed by atoms with van der Waals surface area (Å²) in [7, 11) is 2.11. The minimum absolute atomic E-state index is 0. The standard InChI is InChI=1S/C26H27N3O2.ClH/c1-26(2)25-22(11-13-27-26)21-10-9-19(15-23(21)28(25)3)29-14-12-20(16-24(29)30)31-17-18-7-5-4-6-8-18;/h4-10,12,14-16,27H,11,13,17H2,1-3H3;1H. The predicted molar refractivity (Wildman–Crippen MR) is 131 cm³/mol. The summed E-state index contributed by atoms with van der Waals surface area (Å²) in [5.41, 5.74) is 5.63. The smallest absolute Gasteiger partial charge is 0.258 e. The summed E-state index contributed by atoms with van der Waals surface area (Å²) >= 11 is 0. The van der Waals surface area contributed by atoms with Crippen molar-refractivity contribution in [2.75, 3.05) is 6.54 Å². The molecule has 0 saturated carbocycles. The maximum atomic E-state index is 12.8. The van der Waals surface area contributed by atoms with E-state index < -0.39 is 0 Å². The topological polar surface area (TPSA) is 48.2 Å². The lowest BCUT2D eigenvalue weighted by Gasteiger charge is -2.33. The Kier molecular flexibility index (Phi) is 5.89. The highest BCUT2D eigenvalue weighted by molar-refractivity contribution is 5.88. The van der Waals surface area contributed by atoms with Crippen molar-refractivity contribution in [1.29, 1.82) is 0 Å². The summed E-state index contributed by atoms with van der Waals surface area (Å²) in [6, 6.07) is 19.6. The molecule has 2 aromatic heterocycles. The van der Waals surface area contributed by atoms with E-state index in [1.165, 1.54) is 16.6 Å². The number of nitrogens with one attached hydrogen (secondary N) is 1. The van der Waals surface area contributed by atoms with E-state index in [1.54, 1.807) is 16.8 Å². The molecule has 1 aliphatic rings. The van der Waals surface area contributed by atoms with Gasteiger partial charge in [0.05, 0.1) is 16.7 Å². The number of hydrogen-bond acceptors (Lipinski definition) is 3. The summed E-state index contributed by atoms with van der Waals surface area (Å²) in [4.78, 5) is 12.8. The molecule has 0 radical (unpaired) electrons. The van der Waals surface area contributed by atoms with Crippen LogP contribution < -0.4 is 15.6 Å². The van der Waals surface area contributed by atoms with Gasteiger partial charge in [-0.15, -0.1) is 12.4 Å². The highest BCUT2D eigenvalue weighted by atomic mass is 35.5. The first-order valence-electron chi connectivity index (χ1n) is 10.7. The summed E-state index contributed by atoms with van der Waals surface area (Å²) in [6.45, 7) is 5.87. The molecule has 0 amide bonds. The number of ether oxygens (including phenoxy) is 1. The van der Waals surface area contributed by atoms with Crippen LogP contribution in [0.4, 0.5) is 0 Å². The van der Waals surface area contributed by atoms with Crippen LogP contribution in [0.5, 0.6) is 5.75 Å². The van der Waals surface area contributed by atoms with E-state index in [0.717, 1.165) is 29.7 Å². The quantitative estimate of drug-likeness (QED) is 0.490. The zero-order valence-electron chi connectivity index (χ0n) is 18.6. The Balaban J connectivity index is 0.00000245. The van der Waals surface area contributed by atoms with E-state index in [9.17, 15) is 4.79 Å². The number of rotatable bonds is 4. The largest absolute Gasteiger partial charge is 0.489 e. The second-order valence-electron chi connectivity index (χ2n) is 8.73. The molecule has 0 spiro atoms. The van der Waals surface area contributed by atoms with Crippen LogP contribution in [-0.4, -0.2) is 15.7 Å². The molecule has 0 fully saturated rings. The SMILES string of the molecule is Cl.Cn1c2c(c3ccc(-n4ccc(OCc5ccccc5)cc4=O)cc31)CCNC2(C)C. The van der Waals surface area contributed by atoms with Crippen molar-refractivity contribution in [1.82, 2.24) is 14.5 Å². The Labute approximate surface area is 194 Å². The molecule has 0 atom stereocenters. The Morgan fingerprint density at radius 2 is 1.84 bits per heavy atom. The third kappa shape index (κ3) is 3.83. The Morgan fingerprint density at radius 1 is 1.06 bits per heavy atom. The van der Waals surface area contributed by atoms with Crippen molar-refractivity contribution in [3.8, 4) is 11.4 Å². The fourth-order valence-corrected chi connectivity index (χ4v) is 4.79. The fraction of sp³-hybridized carbons (Fsp3) is 0.269. The Morgan fingerprint density at radius 3 is 2.59 bits per heavy atom. The van der Waals surface area contributed by atoms with Crippen LogP contribution in [0.15, 0.2) is 71.7 Å². The van der Waals surface area contributed by atoms with Crippen LogP contribution in [0.3, 0.4) is 0 Å². The average molecular weight is 450 g/mol. The van der Waals surface area contributed by atoms with Gasteiger partial charge in [-0.3, -0.25) is 9.36 Å². The summed E-state index contributed by atoms with van der Waals surface area (Å²) < 4.78 is 9.74. The first kappa shape index (κ1) is 22.2. The van der Waals surface area contributed by atoms with E-state index in [-0.39, 0.29) is 23.5 Å². The molecule has 0 unspecified atom stereocenters. The van der Waals surface area contributed by atoms with Crippen LogP contribution in [0.1, 0.15) is 30.7 Å². The molecule has 0 aliphatic carbocycles. The van der Waals surface area contributed by atoms with Crippen molar-refractivity contribution in [3.05, 3.63) is 94.0 Å². The third-order valence-corrected chi connectivity index (χ3v) is 6.24. The van der Waals surface area contributed by atoms with Crippen LogP contribution in [0.2, 0.25) is 0 Å². The molecule has 5 nitrogen and oxygen atoms in total. The van der Waals surface area contributed by atoms with Gasteiger partial charge in [0.15, 0.2) is 0 Å². The first-order valence-corrected chi connectivity index (χ1v) is 10.7. The lowest BCUT2D eigenvalue weighted by Crippen LogP contribution is -2.43. The number of halogens is 1. The molecular weight excluding hydrogens is 422 g/mol. The maximum Gasteiger partial charge on any atom is 0.258 e. The number of nitrogens with zero attached hydrogens (tertiary/aromatic N) is 2. The van der Waals surface area contributed by atoms with Crippen molar-refractivity contribution < 1.29 is 4.74 Å². The monoisotopic (exact) mass is 449 g/mol. The van der Waals surface area contributed by atoms with Gasteiger partial charge in [-0.05, 0) is 49.6 Å². The van der Waals surface area contributed by atoms with Crippen molar-refractivity contribution in [2.24, 2.45) is 7.05 Å². The van der Waals surface area contributed by atoms with E-state index in [2.05, 4.69) is 42.9 Å². The molecule has 1 N–H and O–H groups in total. The molecule has 6 heteroatoms. The maximum absolute atomic E-state index is 12.8. The number of hydrogen-bond donors (Lipinski definition) is 1. The van der Waals surface area contributed by atoms with Gasteiger partial charge >= 0.3 is 0 Å². The zero-order chi connectivity index (χ0) is 21.6. The number of aromatic nitrogens is 2. The molecule has 1 aliphatic heterocycles. The molecule has 5 rings (SSSR count). The van der Waals surface area contributed by atoms with E-state index >= 15 is 0 Å². The lowest BCUT2D eigenvalue weighted by atomic mass is 9.90. The Bertz CT molecular complexity index is 1320. The molecule has 2 aromatic carbocycles. The summed E-state index contributed by atoms with van der Waals surface area (Å²) in [6.07, 6.45) is 2.81. The normalized spacial score (nSPS) is 14.6. The minimum atomic E-state index is -0.106. The van der Waals surface area contributed by atoms with Gasteiger partial charge < -0.3 is 14.6 Å². The van der Waals surface area contributed by atoms with E-state index in [4.69, 9.17) is 4.74 Å². The lowest BCUT2D eigenvalue weighted by molar-refractivity contribution is 0.305. The number of fused-ring (bicyclic) bond motifs is 3. The summed E-state index contributed by atoms with van der Waals surface area (Å²) in [5, 5.41) is 4.88. The zero-order valence-corrected chi connectivity index (χ0v) is 19.4. The van der Waals surface area contributed by atoms with Gasteiger partial charge in [-0.25, -0.2) is 0 Å². The fourth-order valence-electron chi connectivity index (χ4n) is 4.79.